The molecule has 25 heavy (non-hydrogen) atoms. The first-order chi connectivity index (χ1) is 12.1. The summed E-state index contributed by atoms with van der Waals surface area (Å²) in [6.07, 6.45) is 4.58. The van der Waals surface area contributed by atoms with Crippen molar-refractivity contribution in [3.05, 3.63) is 70.9 Å². The number of hydrogen-bond acceptors (Lipinski definition) is 1. The summed E-state index contributed by atoms with van der Waals surface area (Å²) in [7, 11) is 0. The van der Waals surface area contributed by atoms with Gasteiger partial charge in [-0.2, -0.15) is 0 Å². The Kier molecular flexibility index (Phi) is 4.08. The van der Waals surface area contributed by atoms with Crippen molar-refractivity contribution in [1.29, 1.82) is 0 Å². The van der Waals surface area contributed by atoms with Gasteiger partial charge in [-0.25, -0.2) is 0 Å². The van der Waals surface area contributed by atoms with E-state index in [-0.39, 0.29) is 11.9 Å². The van der Waals surface area contributed by atoms with E-state index in [0.29, 0.717) is 6.42 Å². The highest BCUT2D eigenvalue weighted by atomic mass is 16.2. The van der Waals surface area contributed by atoms with Crippen LogP contribution < -0.4 is 0 Å². The summed E-state index contributed by atoms with van der Waals surface area (Å²) in [6, 6.07) is 15.0. The highest BCUT2D eigenvalue weighted by Crippen LogP contribution is 2.33. The van der Waals surface area contributed by atoms with E-state index in [1.807, 2.05) is 18.3 Å². The minimum atomic E-state index is 0.219. The van der Waals surface area contributed by atoms with Gasteiger partial charge >= 0.3 is 0 Å². The van der Waals surface area contributed by atoms with Crippen LogP contribution in [0.2, 0.25) is 0 Å². The Bertz CT molecular complexity index is 904. The van der Waals surface area contributed by atoms with E-state index < -0.39 is 0 Å². The van der Waals surface area contributed by atoms with Crippen molar-refractivity contribution >= 4 is 16.8 Å². The van der Waals surface area contributed by atoms with Crippen molar-refractivity contribution in [2.75, 3.05) is 6.54 Å². The van der Waals surface area contributed by atoms with Gasteiger partial charge in [-0.1, -0.05) is 47.5 Å². The van der Waals surface area contributed by atoms with Gasteiger partial charge in [-0.05, 0) is 43.9 Å². The molecule has 0 saturated carbocycles. The molecule has 4 rings (SSSR count). The highest BCUT2D eigenvalue weighted by Gasteiger charge is 2.30. The van der Waals surface area contributed by atoms with Crippen LogP contribution in [-0.2, 0) is 11.2 Å². The number of nitrogens with zero attached hydrogens (tertiary/aromatic N) is 1. The number of aromatic amines is 1. The van der Waals surface area contributed by atoms with Crippen molar-refractivity contribution in [1.82, 2.24) is 9.88 Å². The molecule has 1 atom stereocenters. The number of benzene rings is 2. The molecular weight excluding hydrogens is 308 g/mol. The van der Waals surface area contributed by atoms with Crippen LogP contribution in [-0.4, -0.2) is 22.3 Å². The zero-order valence-electron chi connectivity index (χ0n) is 14.9. The van der Waals surface area contributed by atoms with Gasteiger partial charge in [0, 0.05) is 23.6 Å². The summed E-state index contributed by atoms with van der Waals surface area (Å²) in [5.74, 6) is 0.228. The predicted molar refractivity (Wildman–Crippen MR) is 102 cm³/mol. The van der Waals surface area contributed by atoms with Crippen LogP contribution in [0.3, 0.4) is 0 Å². The number of para-hydroxylation sites is 1. The molecule has 1 aromatic heterocycles. The maximum Gasteiger partial charge on any atom is 0.227 e. The minimum absolute atomic E-state index is 0.219. The number of carbonyl (C=O) groups excluding carboxylic acids is 1. The molecule has 0 aliphatic carbocycles. The average Bonchev–Trinajstić information content (AvgIpc) is 3.21. The fraction of sp³-hybridized carbons (Fsp3) is 0.318. The largest absolute Gasteiger partial charge is 0.361 e. The maximum absolute atomic E-state index is 13.0. The van der Waals surface area contributed by atoms with Crippen LogP contribution in [0.1, 0.15) is 41.1 Å². The summed E-state index contributed by atoms with van der Waals surface area (Å²) < 4.78 is 0. The van der Waals surface area contributed by atoms with Gasteiger partial charge in [-0.3, -0.25) is 4.79 Å². The standard InChI is InChI=1S/C22H24N2O/c1-15-10-16(2)12-17(11-15)21-8-5-9-24(21)22(25)13-18-14-23-20-7-4-3-6-19(18)20/h3-4,6-7,10-12,14,21,23H,5,8-9,13H2,1-2H3. The molecule has 128 valence electrons. The fourth-order valence-corrected chi connectivity index (χ4v) is 4.16. The summed E-state index contributed by atoms with van der Waals surface area (Å²) in [5, 5.41) is 1.15. The topological polar surface area (TPSA) is 36.1 Å². The van der Waals surface area contributed by atoms with E-state index in [0.717, 1.165) is 35.9 Å². The minimum Gasteiger partial charge on any atom is -0.361 e. The molecule has 1 aliphatic heterocycles. The lowest BCUT2D eigenvalue weighted by atomic mass is 9.99. The Morgan fingerprint density at radius 2 is 1.92 bits per heavy atom. The molecule has 1 aliphatic rings. The van der Waals surface area contributed by atoms with Gasteiger partial charge in [0.15, 0.2) is 0 Å². The Morgan fingerprint density at radius 3 is 2.72 bits per heavy atom. The molecule has 1 unspecified atom stereocenters. The number of likely N-dealkylation sites (tertiary alicyclic amines) is 1. The molecule has 0 bridgehead atoms. The van der Waals surface area contributed by atoms with Crippen LogP contribution in [0.25, 0.3) is 10.9 Å². The van der Waals surface area contributed by atoms with Crippen LogP contribution >= 0.6 is 0 Å². The lowest BCUT2D eigenvalue weighted by Gasteiger charge is -2.26. The number of amides is 1. The number of nitrogens with one attached hydrogen (secondary N) is 1. The fourth-order valence-electron chi connectivity index (χ4n) is 4.16. The third-order valence-electron chi connectivity index (χ3n) is 5.22. The molecule has 1 saturated heterocycles. The van der Waals surface area contributed by atoms with E-state index >= 15 is 0 Å². The Hall–Kier alpha value is -2.55. The van der Waals surface area contributed by atoms with Crippen LogP contribution in [0.5, 0.6) is 0 Å². The number of hydrogen-bond donors (Lipinski definition) is 1. The van der Waals surface area contributed by atoms with E-state index in [2.05, 4.69) is 54.1 Å². The number of H-pyrrole nitrogens is 1. The molecule has 0 spiro atoms. The van der Waals surface area contributed by atoms with E-state index in [4.69, 9.17) is 0 Å². The third kappa shape index (κ3) is 3.07. The smallest absolute Gasteiger partial charge is 0.227 e. The van der Waals surface area contributed by atoms with Crippen LogP contribution in [0, 0.1) is 13.8 Å². The molecule has 0 radical (unpaired) electrons. The van der Waals surface area contributed by atoms with E-state index in [1.54, 1.807) is 0 Å². The van der Waals surface area contributed by atoms with Crippen LogP contribution in [0.4, 0.5) is 0 Å². The van der Waals surface area contributed by atoms with Gasteiger partial charge in [0.2, 0.25) is 5.91 Å². The zero-order chi connectivity index (χ0) is 17.4. The lowest BCUT2D eigenvalue weighted by Crippen LogP contribution is -2.31. The summed E-state index contributed by atoms with van der Waals surface area (Å²) in [4.78, 5) is 18.4. The van der Waals surface area contributed by atoms with E-state index in [9.17, 15) is 4.79 Å². The number of aryl methyl sites for hydroxylation is 2. The van der Waals surface area contributed by atoms with Gasteiger partial charge in [-0.15, -0.1) is 0 Å². The van der Waals surface area contributed by atoms with Gasteiger partial charge in [0.25, 0.3) is 0 Å². The first kappa shape index (κ1) is 15.9. The second-order valence-corrected chi connectivity index (χ2v) is 7.20. The lowest BCUT2D eigenvalue weighted by molar-refractivity contribution is -0.131. The molecule has 2 aromatic carbocycles. The summed E-state index contributed by atoms with van der Waals surface area (Å²) in [5.41, 5.74) is 6.00. The zero-order valence-corrected chi connectivity index (χ0v) is 14.9. The highest BCUT2D eigenvalue weighted by molar-refractivity contribution is 5.89. The molecule has 3 aromatic rings. The molecule has 1 N–H and O–H groups in total. The number of aromatic nitrogens is 1. The van der Waals surface area contributed by atoms with Gasteiger partial charge < -0.3 is 9.88 Å². The Morgan fingerprint density at radius 1 is 1.16 bits per heavy atom. The monoisotopic (exact) mass is 332 g/mol. The normalized spacial score (nSPS) is 17.4. The first-order valence-corrected chi connectivity index (χ1v) is 9.04. The average molecular weight is 332 g/mol. The third-order valence-corrected chi connectivity index (χ3v) is 5.22. The molecule has 1 fully saturated rings. The molecule has 3 heteroatoms. The van der Waals surface area contributed by atoms with Crippen molar-refractivity contribution < 1.29 is 4.79 Å². The van der Waals surface area contributed by atoms with Crippen molar-refractivity contribution in [3.8, 4) is 0 Å². The predicted octanol–water partition coefficient (Wildman–Crippen LogP) is 4.69. The molecule has 3 nitrogen and oxygen atoms in total. The Labute approximate surface area is 148 Å². The quantitative estimate of drug-likeness (QED) is 0.742. The summed E-state index contributed by atoms with van der Waals surface area (Å²) >= 11 is 0. The van der Waals surface area contributed by atoms with Crippen LogP contribution in [0.15, 0.2) is 48.7 Å². The van der Waals surface area contributed by atoms with E-state index in [1.165, 1.54) is 16.7 Å². The van der Waals surface area contributed by atoms with Crippen molar-refractivity contribution in [3.63, 3.8) is 0 Å². The van der Waals surface area contributed by atoms with Crippen molar-refractivity contribution in [2.24, 2.45) is 0 Å². The number of rotatable bonds is 3. The van der Waals surface area contributed by atoms with Crippen molar-refractivity contribution in [2.45, 2.75) is 39.2 Å². The second kappa shape index (κ2) is 6.40. The Balaban J connectivity index is 1.58. The van der Waals surface area contributed by atoms with Gasteiger partial charge in [0.1, 0.15) is 0 Å². The number of carbonyl (C=O) groups is 1. The first-order valence-electron chi connectivity index (χ1n) is 9.04. The SMILES string of the molecule is Cc1cc(C)cc(C2CCCN2C(=O)Cc2c[nH]c3ccccc23)c1. The molecular formula is C22H24N2O. The number of fused-ring (bicyclic) bond motifs is 1. The molecule has 1 amide bonds. The maximum atomic E-state index is 13.0. The van der Waals surface area contributed by atoms with Gasteiger partial charge in [0.05, 0.1) is 12.5 Å². The second-order valence-electron chi connectivity index (χ2n) is 7.20. The molecule has 2 heterocycles. The summed E-state index contributed by atoms with van der Waals surface area (Å²) in [6.45, 7) is 5.12.